The lowest BCUT2D eigenvalue weighted by atomic mass is 9.65. The summed E-state index contributed by atoms with van der Waals surface area (Å²) in [4.78, 5) is 16.1. The smallest absolute Gasteiger partial charge is 0.164 e. The van der Waals surface area contributed by atoms with Crippen LogP contribution in [-0.4, -0.2) is 15.0 Å². The topological polar surface area (TPSA) is 38.7 Å². The largest absolute Gasteiger partial charge is 0.208 e. The van der Waals surface area contributed by atoms with Gasteiger partial charge in [-0.3, -0.25) is 0 Å². The van der Waals surface area contributed by atoms with E-state index in [1.165, 1.54) is 61.2 Å². The molecule has 10 aromatic rings. The molecule has 1 spiro atoms. The monoisotopic (exact) mass is 831 g/mol. The minimum Gasteiger partial charge on any atom is -0.208 e. The first-order valence-corrected chi connectivity index (χ1v) is 22.5. The number of benzene rings is 9. The van der Waals surface area contributed by atoms with Crippen LogP contribution in [0.1, 0.15) is 48.6 Å². The third kappa shape index (κ3) is 6.30. The van der Waals surface area contributed by atoms with E-state index in [0.717, 1.165) is 38.9 Å². The summed E-state index contributed by atoms with van der Waals surface area (Å²) in [5.74, 6) is 1.87. The molecule has 308 valence electrons. The zero-order valence-electron chi connectivity index (χ0n) is 36.6. The first kappa shape index (κ1) is 38.6. The summed E-state index contributed by atoms with van der Waals surface area (Å²) >= 11 is 0. The van der Waals surface area contributed by atoms with Crippen LogP contribution in [0.3, 0.4) is 0 Å². The molecule has 0 amide bonds. The molecule has 0 saturated carbocycles. The molecule has 1 aromatic heterocycles. The van der Waals surface area contributed by atoms with E-state index in [2.05, 4.69) is 239 Å². The molecule has 3 nitrogen and oxygen atoms in total. The van der Waals surface area contributed by atoms with Gasteiger partial charge in [-0.2, -0.15) is 0 Å². The van der Waals surface area contributed by atoms with Crippen LogP contribution in [0.4, 0.5) is 0 Å². The van der Waals surface area contributed by atoms with E-state index in [-0.39, 0.29) is 5.41 Å². The van der Waals surface area contributed by atoms with E-state index >= 15 is 0 Å². The Morgan fingerprint density at radius 2 is 0.646 bits per heavy atom. The lowest BCUT2D eigenvalue weighted by Gasteiger charge is -2.36. The van der Waals surface area contributed by atoms with Gasteiger partial charge in [-0.25, -0.2) is 15.0 Å². The van der Waals surface area contributed by atoms with Gasteiger partial charge in [-0.05, 0) is 107 Å². The minimum atomic E-state index is -0.652. The Bertz CT molecular complexity index is 3370. The highest BCUT2D eigenvalue weighted by atomic mass is 15.0. The van der Waals surface area contributed by atoms with Gasteiger partial charge < -0.3 is 0 Å². The Kier molecular flexibility index (Phi) is 8.96. The third-order valence-corrected chi connectivity index (χ3v) is 13.5. The van der Waals surface area contributed by atoms with Crippen molar-refractivity contribution in [3.8, 4) is 89.8 Å². The van der Waals surface area contributed by atoms with Crippen LogP contribution < -0.4 is 0 Å². The van der Waals surface area contributed by atoms with Crippen molar-refractivity contribution in [1.82, 2.24) is 15.0 Å². The van der Waals surface area contributed by atoms with Crippen LogP contribution in [0.2, 0.25) is 0 Å². The van der Waals surface area contributed by atoms with E-state index in [1.54, 1.807) is 0 Å². The van der Waals surface area contributed by atoms with Crippen LogP contribution >= 0.6 is 0 Å². The molecule has 65 heavy (non-hydrogen) atoms. The maximum absolute atomic E-state index is 5.40. The second-order valence-corrected chi connectivity index (χ2v) is 18.4. The molecular formula is C62H45N3. The van der Waals surface area contributed by atoms with E-state index in [9.17, 15) is 0 Å². The van der Waals surface area contributed by atoms with Gasteiger partial charge in [0.05, 0.1) is 5.41 Å². The fraction of sp³-hybridized carbons (Fsp3) is 0.0806. The van der Waals surface area contributed by atoms with E-state index in [1.807, 2.05) is 0 Å². The van der Waals surface area contributed by atoms with Gasteiger partial charge in [-0.1, -0.05) is 221 Å². The number of fused-ring (bicyclic) bond motifs is 12. The van der Waals surface area contributed by atoms with Gasteiger partial charge in [0, 0.05) is 16.7 Å². The van der Waals surface area contributed by atoms with Crippen molar-refractivity contribution < 1.29 is 0 Å². The SMILES string of the molecule is CC(C)(C)c1ccc2c(c1)C1(c3ccccc3-c3ccccc3-c3ccc(-c4nc(-c5cccc(-c6ccccc6)c5)nc(-c5cccc(-c6ccccc6)c5)n4)cc31)c1ccccc1-2. The maximum atomic E-state index is 5.40. The quantitative estimate of drug-likeness (QED) is 0.173. The molecule has 1 heterocycles. The lowest BCUT2D eigenvalue weighted by molar-refractivity contribution is 0.588. The number of rotatable bonds is 5. The molecule has 1 unspecified atom stereocenters. The van der Waals surface area contributed by atoms with Crippen molar-refractivity contribution in [2.75, 3.05) is 0 Å². The molecule has 0 N–H and O–H groups in total. The van der Waals surface area contributed by atoms with Crippen LogP contribution in [0, 0.1) is 0 Å². The fourth-order valence-electron chi connectivity index (χ4n) is 10.4. The van der Waals surface area contributed by atoms with Gasteiger partial charge in [0.25, 0.3) is 0 Å². The van der Waals surface area contributed by atoms with Gasteiger partial charge in [-0.15, -0.1) is 0 Å². The highest BCUT2D eigenvalue weighted by molar-refractivity contribution is 5.98. The summed E-state index contributed by atoms with van der Waals surface area (Å²) in [6, 6.07) is 79.2. The van der Waals surface area contributed by atoms with E-state index in [4.69, 9.17) is 15.0 Å². The molecular weight excluding hydrogens is 787 g/mol. The number of nitrogens with zero attached hydrogens (tertiary/aromatic N) is 3. The number of hydrogen-bond donors (Lipinski definition) is 0. The molecule has 0 radical (unpaired) electrons. The highest BCUT2D eigenvalue weighted by Gasteiger charge is 2.50. The van der Waals surface area contributed by atoms with Crippen molar-refractivity contribution in [1.29, 1.82) is 0 Å². The average molecular weight is 832 g/mol. The predicted molar refractivity (Wildman–Crippen MR) is 267 cm³/mol. The second-order valence-electron chi connectivity index (χ2n) is 18.4. The molecule has 2 aliphatic rings. The Morgan fingerprint density at radius 3 is 1.17 bits per heavy atom. The zero-order chi connectivity index (χ0) is 43.7. The Balaban J connectivity index is 1.15. The van der Waals surface area contributed by atoms with Crippen molar-refractivity contribution in [3.05, 3.63) is 246 Å². The summed E-state index contributed by atoms with van der Waals surface area (Å²) in [5.41, 5.74) is 20.4. The normalized spacial score (nSPS) is 14.4. The van der Waals surface area contributed by atoms with Crippen LogP contribution in [0.15, 0.2) is 218 Å². The highest BCUT2D eigenvalue weighted by Crippen LogP contribution is 2.62. The van der Waals surface area contributed by atoms with Crippen molar-refractivity contribution >= 4 is 0 Å². The van der Waals surface area contributed by atoms with Crippen molar-refractivity contribution in [2.45, 2.75) is 31.6 Å². The van der Waals surface area contributed by atoms with Gasteiger partial charge >= 0.3 is 0 Å². The molecule has 9 aromatic carbocycles. The summed E-state index contributed by atoms with van der Waals surface area (Å²) in [7, 11) is 0. The minimum absolute atomic E-state index is 0.0593. The van der Waals surface area contributed by atoms with Crippen molar-refractivity contribution in [3.63, 3.8) is 0 Å². The summed E-state index contributed by atoms with van der Waals surface area (Å²) in [6.45, 7) is 6.94. The summed E-state index contributed by atoms with van der Waals surface area (Å²) < 4.78 is 0. The zero-order valence-corrected chi connectivity index (χ0v) is 36.6. The summed E-state index contributed by atoms with van der Waals surface area (Å²) in [6.07, 6.45) is 0. The first-order valence-electron chi connectivity index (χ1n) is 22.5. The maximum Gasteiger partial charge on any atom is 0.164 e. The third-order valence-electron chi connectivity index (χ3n) is 13.5. The summed E-state index contributed by atoms with van der Waals surface area (Å²) in [5, 5.41) is 0. The van der Waals surface area contributed by atoms with Crippen molar-refractivity contribution in [2.24, 2.45) is 0 Å². The molecule has 0 aliphatic heterocycles. The lowest BCUT2D eigenvalue weighted by Crippen LogP contribution is -2.30. The molecule has 0 bridgehead atoms. The van der Waals surface area contributed by atoms with Crippen LogP contribution in [-0.2, 0) is 10.8 Å². The standard InChI is InChI=1S/C62H45N3/c1-61(2,3)47-33-35-53-51-29-13-15-31-55(51)62(57(53)39-47)54-30-14-12-28-50(54)48-26-10-11-27-49(48)52-34-32-46(38-56(52)62)60-64-58(44-24-16-22-42(36-44)40-18-6-4-7-19-40)63-59(65-60)45-25-17-23-43(37-45)41-20-8-5-9-21-41/h4-39H,1-3H3. The van der Waals surface area contributed by atoms with Gasteiger partial charge in [0.2, 0.25) is 0 Å². The first-order chi connectivity index (χ1) is 31.8. The molecule has 1 atom stereocenters. The number of hydrogen-bond acceptors (Lipinski definition) is 3. The van der Waals surface area contributed by atoms with E-state index in [0.29, 0.717) is 17.5 Å². The average Bonchev–Trinajstić information content (AvgIpc) is 3.61. The molecule has 3 heteroatoms. The molecule has 12 rings (SSSR count). The molecule has 0 saturated heterocycles. The van der Waals surface area contributed by atoms with Crippen LogP contribution in [0.25, 0.3) is 89.8 Å². The predicted octanol–water partition coefficient (Wildman–Crippen LogP) is 15.5. The van der Waals surface area contributed by atoms with Gasteiger partial charge in [0.15, 0.2) is 17.5 Å². The fourth-order valence-corrected chi connectivity index (χ4v) is 10.4. The van der Waals surface area contributed by atoms with Gasteiger partial charge in [0.1, 0.15) is 0 Å². The molecule has 2 aliphatic carbocycles. The second kappa shape index (κ2) is 15.1. The number of aromatic nitrogens is 3. The van der Waals surface area contributed by atoms with Crippen LogP contribution in [0.5, 0.6) is 0 Å². The van der Waals surface area contributed by atoms with E-state index < -0.39 is 5.41 Å². The Labute approximate surface area is 380 Å². The Morgan fingerprint density at radius 1 is 0.277 bits per heavy atom. The Hall–Kier alpha value is -8.01. The molecule has 0 fully saturated rings.